The minimum atomic E-state index is -1.16. The highest BCUT2D eigenvalue weighted by Crippen LogP contribution is 2.19. The number of unbranched alkanes of at least 4 members (excludes halogenated alkanes) is 2. The van der Waals surface area contributed by atoms with E-state index in [4.69, 9.17) is 17.2 Å². The number of carbonyl (C=O) groups excluding carboxylic acids is 3. The number of carbonyl (C=O) groups is 4. The minimum Gasteiger partial charge on any atom is -0.480 e. The molecule has 1 aromatic carbocycles. The molecule has 11 N–H and O–H groups in total. The highest BCUT2D eigenvalue weighted by Gasteiger charge is 2.28. The van der Waals surface area contributed by atoms with E-state index in [-0.39, 0.29) is 12.8 Å². The van der Waals surface area contributed by atoms with Crippen LogP contribution in [0.5, 0.6) is 0 Å². The van der Waals surface area contributed by atoms with Gasteiger partial charge in [-0.05, 0) is 76.6 Å². The van der Waals surface area contributed by atoms with Crippen LogP contribution in [0.4, 0.5) is 0 Å². The van der Waals surface area contributed by atoms with E-state index in [1.165, 1.54) is 6.92 Å². The Kier molecular flexibility index (Phi) is 12.7. The number of aromatic nitrogens is 1. The van der Waals surface area contributed by atoms with Crippen molar-refractivity contribution in [2.45, 2.75) is 76.0 Å². The van der Waals surface area contributed by atoms with Gasteiger partial charge in [0.2, 0.25) is 17.7 Å². The molecule has 3 amide bonds. The maximum absolute atomic E-state index is 13.0. The van der Waals surface area contributed by atoms with Crippen molar-refractivity contribution in [3.8, 4) is 0 Å². The zero-order chi connectivity index (χ0) is 28.1. The summed E-state index contributed by atoms with van der Waals surface area (Å²) in [4.78, 5) is 53.2. The molecule has 210 valence electrons. The third-order valence-electron chi connectivity index (χ3n) is 6.34. The Morgan fingerprint density at radius 2 is 1.47 bits per heavy atom. The molecule has 0 spiro atoms. The number of aromatic amines is 1. The highest BCUT2D eigenvalue weighted by atomic mass is 16.4. The summed E-state index contributed by atoms with van der Waals surface area (Å²) in [5.41, 5.74) is 19.0. The number of para-hydroxylation sites is 1. The molecule has 12 heteroatoms. The molecule has 0 fully saturated rings. The molecule has 12 nitrogen and oxygen atoms in total. The van der Waals surface area contributed by atoms with E-state index >= 15 is 0 Å². The summed E-state index contributed by atoms with van der Waals surface area (Å²) >= 11 is 0. The average molecular weight is 532 g/mol. The maximum Gasteiger partial charge on any atom is 0.326 e. The molecule has 0 saturated heterocycles. The number of aliphatic carboxylic acids is 1. The molecule has 4 unspecified atom stereocenters. The van der Waals surface area contributed by atoms with Gasteiger partial charge < -0.3 is 43.2 Å². The van der Waals surface area contributed by atoms with Gasteiger partial charge in [0.05, 0.1) is 6.04 Å². The van der Waals surface area contributed by atoms with E-state index in [1.807, 2.05) is 30.5 Å². The zero-order valence-electron chi connectivity index (χ0n) is 21.9. The molecule has 0 aliphatic heterocycles. The van der Waals surface area contributed by atoms with Crippen LogP contribution in [-0.2, 0) is 25.6 Å². The number of carboxylic acids is 1. The van der Waals surface area contributed by atoms with Gasteiger partial charge in [-0.3, -0.25) is 14.4 Å². The number of H-pyrrole nitrogens is 1. The summed E-state index contributed by atoms with van der Waals surface area (Å²) in [5, 5.41) is 18.1. The molecule has 0 bridgehead atoms. The largest absolute Gasteiger partial charge is 0.480 e. The lowest BCUT2D eigenvalue weighted by molar-refractivity contribution is -0.142. The lowest BCUT2D eigenvalue weighted by Gasteiger charge is -2.23. The molecule has 2 rings (SSSR count). The highest BCUT2D eigenvalue weighted by molar-refractivity contribution is 5.94. The van der Waals surface area contributed by atoms with Gasteiger partial charge >= 0.3 is 5.97 Å². The molecule has 1 heterocycles. The first-order chi connectivity index (χ1) is 18.2. The number of hydrogen-bond donors (Lipinski definition) is 8. The van der Waals surface area contributed by atoms with Gasteiger partial charge in [-0.15, -0.1) is 0 Å². The van der Waals surface area contributed by atoms with Gasteiger partial charge in [0.15, 0.2) is 0 Å². The lowest BCUT2D eigenvalue weighted by atomic mass is 10.0. The molecule has 1 aromatic heterocycles. The second-order valence-electron chi connectivity index (χ2n) is 9.43. The second-order valence-corrected chi connectivity index (χ2v) is 9.43. The molecule has 0 saturated carbocycles. The van der Waals surface area contributed by atoms with Crippen molar-refractivity contribution in [2.75, 3.05) is 13.1 Å². The third kappa shape index (κ3) is 9.43. The van der Waals surface area contributed by atoms with Crippen LogP contribution < -0.4 is 33.2 Å². The van der Waals surface area contributed by atoms with Crippen molar-refractivity contribution in [1.82, 2.24) is 20.9 Å². The fourth-order valence-electron chi connectivity index (χ4n) is 4.10. The topological polar surface area (TPSA) is 218 Å². The normalized spacial score (nSPS) is 14.3. The summed E-state index contributed by atoms with van der Waals surface area (Å²) in [5.74, 6) is -2.86. The van der Waals surface area contributed by atoms with Gasteiger partial charge in [-0.25, -0.2) is 4.79 Å². The fraction of sp³-hybridized carbons (Fsp3) is 0.538. The van der Waals surface area contributed by atoms with Gasteiger partial charge in [-0.1, -0.05) is 18.2 Å². The number of rotatable bonds is 17. The van der Waals surface area contributed by atoms with E-state index in [0.717, 1.165) is 16.5 Å². The van der Waals surface area contributed by atoms with Gasteiger partial charge in [0.25, 0.3) is 0 Å². The number of nitrogens with two attached hydrogens (primary N) is 3. The van der Waals surface area contributed by atoms with Crippen LogP contribution in [0.1, 0.15) is 51.0 Å². The van der Waals surface area contributed by atoms with Crippen LogP contribution in [0, 0.1) is 0 Å². The Bertz CT molecular complexity index is 1070. The summed E-state index contributed by atoms with van der Waals surface area (Å²) in [6.45, 7) is 2.31. The predicted molar refractivity (Wildman–Crippen MR) is 145 cm³/mol. The Balaban J connectivity index is 1.99. The van der Waals surface area contributed by atoms with Crippen molar-refractivity contribution in [2.24, 2.45) is 17.2 Å². The van der Waals surface area contributed by atoms with E-state index in [9.17, 15) is 24.3 Å². The Labute approximate surface area is 222 Å². The van der Waals surface area contributed by atoms with Crippen LogP contribution in [0.3, 0.4) is 0 Å². The van der Waals surface area contributed by atoms with Crippen molar-refractivity contribution < 1.29 is 24.3 Å². The number of nitrogens with one attached hydrogen (secondary N) is 4. The molecule has 0 aliphatic carbocycles. The molecular weight excluding hydrogens is 490 g/mol. The van der Waals surface area contributed by atoms with E-state index in [1.54, 1.807) is 0 Å². The quantitative estimate of drug-likeness (QED) is 0.128. The van der Waals surface area contributed by atoms with Crippen LogP contribution >= 0.6 is 0 Å². The van der Waals surface area contributed by atoms with E-state index < -0.39 is 47.9 Å². The first kappa shape index (κ1) is 30.7. The molecule has 38 heavy (non-hydrogen) atoms. The second kappa shape index (κ2) is 15.7. The number of amides is 3. The van der Waals surface area contributed by atoms with Crippen LogP contribution in [0.15, 0.2) is 30.5 Å². The van der Waals surface area contributed by atoms with Crippen LogP contribution in [0.2, 0.25) is 0 Å². The molecule has 0 radical (unpaired) electrons. The van der Waals surface area contributed by atoms with Gasteiger partial charge in [0.1, 0.15) is 18.1 Å². The lowest BCUT2D eigenvalue weighted by Crippen LogP contribution is -2.56. The minimum absolute atomic E-state index is 0.227. The number of fused-ring (bicyclic) bond motifs is 1. The Morgan fingerprint density at radius 1 is 0.868 bits per heavy atom. The van der Waals surface area contributed by atoms with Crippen molar-refractivity contribution in [3.63, 3.8) is 0 Å². The Morgan fingerprint density at radius 3 is 2.11 bits per heavy atom. The monoisotopic (exact) mass is 531 g/mol. The summed E-state index contributed by atoms with van der Waals surface area (Å²) in [6.07, 6.45) is 5.03. The summed E-state index contributed by atoms with van der Waals surface area (Å²) < 4.78 is 0. The smallest absolute Gasteiger partial charge is 0.326 e. The van der Waals surface area contributed by atoms with Crippen LogP contribution in [-0.4, -0.2) is 71.0 Å². The van der Waals surface area contributed by atoms with Crippen LogP contribution in [0.25, 0.3) is 10.9 Å². The number of benzene rings is 1. The standard InChI is InChI=1S/C26H41N7O5/c1-16(23(34)33-22(26(37)38)11-5-7-13-28)31-25(36)21(10-4-6-12-27)32-24(35)19(29)14-17-15-30-20-9-3-2-8-18(17)20/h2-3,8-9,15-16,19,21-22,30H,4-7,10-14,27-29H2,1H3,(H,31,36)(H,32,35)(H,33,34)(H,37,38). The van der Waals surface area contributed by atoms with Crippen molar-refractivity contribution in [3.05, 3.63) is 36.0 Å². The molecule has 2 aromatic rings. The third-order valence-corrected chi connectivity index (χ3v) is 6.34. The molecular formula is C26H41N7O5. The first-order valence-electron chi connectivity index (χ1n) is 13.0. The average Bonchev–Trinajstić information content (AvgIpc) is 3.29. The predicted octanol–water partition coefficient (Wildman–Crippen LogP) is -0.145. The summed E-state index contributed by atoms with van der Waals surface area (Å²) in [6, 6.07) is 3.74. The number of hydrogen-bond acceptors (Lipinski definition) is 7. The summed E-state index contributed by atoms with van der Waals surface area (Å²) in [7, 11) is 0. The van der Waals surface area contributed by atoms with E-state index in [0.29, 0.717) is 45.2 Å². The maximum atomic E-state index is 13.0. The van der Waals surface area contributed by atoms with Crippen molar-refractivity contribution in [1.29, 1.82) is 0 Å². The number of carboxylic acid groups (broad SMARTS) is 1. The van der Waals surface area contributed by atoms with Crippen molar-refractivity contribution >= 4 is 34.6 Å². The van der Waals surface area contributed by atoms with Gasteiger partial charge in [-0.2, -0.15) is 0 Å². The van der Waals surface area contributed by atoms with E-state index in [2.05, 4.69) is 20.9 Å². The SMILES string of the molecule is CC(NC(=O)C(CCCCN)NC(=O)C(N)Cc1c[nH]c2ccccc12)C(=O)NC(CCCCN)C(=O)O. The zero-order valence-corrected chi connectivity index (χ0v) is 21.9. The molecule has 4 atom stereocenters. The Hall–Kier alpha value is -3.48. The fourth-order valence-corrected chi connectivity index (χ4v) is 4.10. The van der Waals surface area contributed by atoms with Gasteiger partial charge in [0, 0.05) is 17.1 Å². The molecule has 0 aliphatic rings. The first-order valence-corrected chi connectivity index (χ1v) is 13.0.